The molecule has 0 aliphatic heterocycles. The van der Waals surface area contributed by atoms with Gasteiger partial charge in [0.2, 0.25) is 0 Å². The second kappa shape index (κ2) is 4.73. The van der Waals surface area contributed by atoms with Gasteiger partial charge in [-0.3, -0.25) is 0 Å². The van der Waals surface area contributed by atoms with E-state index in [4.69, 9.17) is 11.5 Å². The van der Waals surface area contributed by atoms with E-state index in [9.17, 15) is 0 Å². The molecule has 0 aliphatic carbocycles. The zero-order valence-corrected chi connectivity index (χ0v) is 8.06. The Bertz CT molecular complexity index is 97.7. The average Bonchev–Trinajstić information content (AvgIpc) is 1.81. The standard InChI is InChI=1S/C9H22N2/c1-8(11)7-9(2,3)5-4-6-10/h8H,4-7,10-11H2,1-3H3. The molecule has 0 saturated carbocycles. The predicted molar refractivity (Wildman–Crippen MR) is 50.3 cm³/mol. The van der Waals surface area contributed by atoms with Crippen molar-refractivity contribution in [1.82, 2.24) is 0 Å². The van der Waals surface area contributed by atoms with Crippen LogP contribution in [0.4, 0.5) is 0 Å². The van der Waals surface area contributed by atoms with Crippen molar-refractivity contribution in [2.75, 3.05) is 6.54 Å². The maximum Gasteiger partial charge on any atom is 0.00155 e. The van der Waals surface area contributed by atoms with Gasteiger partial charge in [0.05, 0.1) is 0 Å². The van der Waals surface area contributed by atoms with Crippen LogP contribution < -0.4 is 11.5 Å². The molecule has 0 aliphatic rings. The molecule has 2 heteroatoms. The first-order chi connectivity index (χ1) is 4.98. The highest BCUT2D eigenvalue weighted by Crippen LogP contribution is 2.27. The number of nitrogens with two attached hydrogens (primary N) is 2. The van der Waals surface area contributed by atoms with Gasteiger partial charge in [-0.15, -0.1) is 0 Å². The van der Waals surface area contributed by atoms with Crippen LogP contribution in [0.15, 0.2) is 0 Å². The van der Waals surface area contributed by atoms with Gasteiger partial charge in [-0.25, -0.2) is 0 Å². The molecule has 0 saturated heterocycles. The molecule has 1 atom stereocenters. The van der Waals surface area contributed by atoms with Crippen molar-refractivity contribution in [2.24, 2.45) is 16.9 Å². The Hall–Kier alpha value is -0.0800. The van der Waals surface area contributed by atoms with Crippen LogP contribution in [-0.4, -0.2) is 12.6 Å². The molecule has 0 aromatic heterocycles. The molecule has 0 fully saturated rings. The zero-order valence-electron chi connectivity index (χ0n) is 8.06. The van der Waals surface area contributed by atoms with Gasteiger partial charge < -0.3 is 11.5 Å². The second-order valence-corrected chi connectivity index (χ2v) is 4.24. The minimum Gasteiger partial charge on any atom is -0.330 e. The lowest BCUT2D eigenvalue weighted by Crippen LogP contribution is -2.25. The quantitative estimate of drug-likeness (QED) is 0.637. The van der Waals surface area contributed by atoms with Crippen molar-refractivity contribution in [2.45, 2.75) is 46.1 Å². The molecule has 0 heterocycles. The van der Waals surface area contributed by atoms with Crippen LogP contribution in [0.25, 0.3) is 0 Å². The van der Waals surface area contributed by atoms with Gasteiger partial charge in [0, 0.05) is 6.04 Å². The fourth-order valence-corrected chi connectivity index (χ4v) is 1.55. The van der Waals surface area contributed by atoms with Crippen LogP contribution in [0.2, 0.25) is 0 Å². The molecule has 1 unspecified atom stereocenters. The summed E-state index contributed by atoms with van der Waals surface area (Å²) in [5.41, 5.74) is 11.5. The van der Waals surface area contributed by atoms with Crippen LogP contribution in [0.3, 0.4) is 0 Å². The highest BCUT2D eigenvalue weighted by molar-refractivity contribution is 4.72. The third-order valence-corrected chi connectivity index (χ3v) is 1.93. The van der Waals surface area contributed by atoms with Gasteiger partial charge in [0.25, 0.3) is 0 Å². The Kier molecular flexibility index (Phi) is 4.69. The molecular formula is C9H22N2. The van der Waals surface area contributed by atoms with Crippen molar-refractivity contribution in [3.63, 3.8) is 0 Å². The third kappa shape index (κ3) is 6.32. The van der Waals surface area contributed by atoms with Crippen molar-refractivity contribution < 1.29 is 0 Å². The molecule has 0 aromatic rings. The predicted octanol–water partition coefficient (Wildman–Crippen LogP) is 1.49. The normalized spacial score (nSPS) is 15.0. The number of hydrogen-bond donors (Lipinski definition) is 2. The van der Waals surface area contributed by atoms with Gasteiger partial charge in [-0.05, 0) is 38.1 Å². The fraction of sp³-hybridized carbons (Fsp3) is 1.00. The molecule has 0 amide bonds. The molecule has 0 spiro atoms. The lowest BCUT2D eigenvalue weighted by Gasteiger charge is -2.26. The van der Waals surface area contributed by atoms with E-state index in [0.717, 1.165) is 19.4 Å². The Labute approximate surface area is 70.3 Å². The SMILES string of the molecule is CC(N)CC(C)(C)CCCN. The van der Waals surface area contributed by atoms with Crippen molar-refractivity contribution >= 4 is 0 Å². The van der Waals surface area contributed by atoms with Crippen LogP contribution in [-0.2, 0) is 0 Å². The van der Waals surface area contributed by atoms with Crippen molar-refractivity contribution in [3.05, 3.63) is 0 Å². The molecule has 11 heavy (non-hydrogen) atoms. The molecule has 0 aromatic carbocycles. The van der Waals surface area contributed by atoms with Gasteiger partial charge in [-0.2, -0.15) is 0 Å². The third-order valence-electron chi connectivity index (χ3n) is 1.93. The molecule has 0 bridgehead atoms. The fourth-order valence-electron chi connectivity index (χ4n) is 1.55. The van der Waals surface area contributed by atoms with Crippen LogP contribution in [0, 0.1) is 5.41 Å². The number of hydrogen-bond acceptors (Lipinski definition) is 2. The van der Waals surface area contributed by atoms with E-state index in [0.29, 0.717) is 11.5 Å². The maximum absolute atomic E-state index is 5.72. The van der Waals surface area contributed by atoms with Gasteiger partial charge in [0.15, 0.2) is 0 Å². The average molecular weight is 158 g/mol. The highest BCUT2D eigenvalue weighted by Gasteiger charge is 2.18. The lowest BCUT2D eigenvalue weighted by atomic mass is 9.82. The summed E-state index contributed by atoms with van der Waals surface area (Å²) in [5.74, 6) is 0. The summed E-state index contributed by atoms with van der Waals surface area (Å²) in [4.78, 5) is 0. The van der Waals surface area contributed by atoms with E-state index in [1.807, 2.05) is 0 Å². The zero-order chi connectivity index (χ0) is 8.91. The van der Waals surface area contributed by atoms with Crippen LogP contribution >= 0.6 is 0 Å². The summed E-state index contributed by atoms with van der Waals surface area (Å²) in [6, 6.07) is 0.308. The van der Waals surface area contributed by atoms with E-state index in [2.05, 4.69) is 20.8 Å². The minimum atomic E-state index is 0.308. The summed E-state index contributed by atoms with van der Waals surface area (Å²) in [6.07, 6.45) is 3.39. The number of rotatable bonds is 5. The monoisotopic (exact) mass is 158 g/mol. The highest BCUT2D eigenvalue weighted by atomic mass is 14.6. The van der Waals surface area contributed by atoms with Gasteiger partial charge >= 0.3 is 0 Å². The summed E-state index contributed by atoms with van der Waals surface area (Å²) < 4.78 is 0. The minimum absolute atomic E-state index is 0.308. The van der Waals surface area contributed by atoms with E-state index in [1.54, 1.807) is 0 Å². The first kappa shape index (κ1) is 10.9. The first-order valence-corrected chi connectivity index (χ1v) is 4.43. The summed E-state index contributed by atoms with van der Waals surface area (Å²) in [6.45, 7) is 7.37. The maximum atomic E-state index is 5.72. The van der Waals surface area contributed by atoms with E-state index < -0.39 is 0 Å². The molecule has 0 rings (SSSR count). The lowest BCUT2D eigenvalue weighted by molar-refractivity contribution is 0.282. The van der Waals surface area contributed by atoms with Gasteiger partial charge in [0.1, 0.15) is 0 Å². The molecule has 68 valence electrons. The molecule has 4 N–H and O–H groups in total. The van der Waals surface area contributed by atoms with Crippen molar-refractivity contribution in [3.8, 4) is 0 Å². The van der Waals surface area contributed by atoms with Gasteiger partial charge in [-0.1, -0.05) is 13.8 Å². The molecule has 0 radical (unpaired) electrons. The Morgan fingerprint density at radius 2 is 1.91 bits per heavy atom. The van der Waals surface area contributed by atoms with Crippen LogP contribution in [0.5, 0.6) is 0 Å². The molecular weight excluding hydrogens is 136 g/mol. The Morgan fingerprint density at radius 3 is 2.27 bits per heavy atom. The topological polar surface area (TPSA) is 52.0 Å². The second-order valence-electron chi connectivity index (χ2n) is 4.24. The Morgan fingerprint density at radius 1 is 1.36 bits per heavy atom. The van der Waals surface area contributed by atoms with E-state index in [1.165, 1.54) is 6.42 Å². The first-order valence-electron chi connectivity index (χ1n) is 4.43. The Balaban J connectivity index is 3.61. The largest absolute Gasteiger partial charge is 0.330 e. The van der Waals surface area contributed by atoms with Crippen molar-refractivity contribution in [1.29, 1.82) is 0 Å². The summed E-state index contributed by atoms with van der Waals surface area (Å²) in [5, 5.41) is 0. The van der Waals surface area contributed by atoms with E-state index in [-0.39, 0.29) is 0 Å². The molecule has 2 nitrogen and oxygen atoms in total. The summed E-state index contributed by atoms with van der Waals surface area (Å²) in [7, 11) is 0. The smallest absolute Gasteiger partial charge is 0.00155 e. The van der Waals surface area contributed by atoms with Crippen LogP contribution in [0.1, 0.15) is 40.0 Å². The summed E-state index contributed by atoms with van der Waals surface area (Å²) >= 11 is 0. The van der Waals surface area contributed by atoms with E-state index >= 15 is 0 Å².